The summed E-state index contributed by atoms with van der Waals surface area (Å²) in [6.07, 6.45) is 3.52. The summed E-state index contributed by atoms with van der Waals surface area (Å²) in [5.41, 5.74) is 2.33. The van der Waals surface area contributed by atoms with Crippen LogP contribution in [0.4, 0.5) is 0 Å². The highest BCUT2D eigenvalue weighted by Gasteiger charge is 2.25. The lowest BCUT2D eigenvalue weighted by atomic mass is 9.95. The van der Waals surface area contributed by atoms with Crippen molar-refractivity contribution in [2.75, 3.05) is 0 Å². The minimum absolute atomic E-state index is 0.0558. The number of carboxylic acid groups (broad SMARTS) is 1. The topological polar surface area (TPSA) is 82.7 Å². The molecule has 1 aliphatic carbocycles. The van der Waals surface area contributed by atoms with E-state index in [1.807, 2.05) is 0 Å². The predicted octanol–water partition coefficient (Wildman–Crippen LogP) is 2.47. The lowest BCUT2D eigenvalue weighted by Crippen LogP contribution is -1.98. The summed E-state index contributed by atoms with van der Waals surface area (Å²) in [5.74, 6) is -0.891. The van der Waals surface area contributed by atoms with Gasteiger partial charge < -0.3 is 15.3 Å². The van der Waals surface area contributed by atoms with Gasteiger partial charge in [0.2, 0.25) is 11.8 Å². The standard InChI is InChI=1S/C15H15NO4/c17-13-11-3-1-2-4-12(11)14(18)16(13)10-7-5-9(6-8-10)15(19)20/h5-8,17-18H,1-4H2,(H,19,20). The summed E-state index contributed by atoms with van der Waals surface area (Å²) in [4.78, 5) is 10.8. The third-order valence-corrected chi connectivity index (χ3v) is 3.80. The van der Waals surface area contributed by atoms with E-state index in [4.69, 9.17) is 5.11 Å². The van der Waals surface area contributed by atoms with E-state index in [0.717, 1.165) is 36.8 Å². The van der Waals surface area contributed by atoms with E-state index < -0.39 is 5.97 Å². The van der Waals surface area contributed by atoms with Gasteiger partial charge in [-0.2, -0.15) is 0 Å². The van der Waals surface area contributed by atoms with Crippen LogP contribution in [-0.4, -0.2) is 25.9 Å². The maximum absolute atomic E-state index is 10.8. The van der Waals surface area contributed by atoms with Crippen LogP contribution in [-0.2, 0) is 12.8 Å². The van der Waals surface area contributed by atoms with Crippen LogP contribution in [0, 0.1) is 0 Å². The van der Waals surface area contributed by atoms with Crippen LogP contribution in [0.25, 0.3) is 5.69 Å². The first-order valence-corrected chi connectivity index (χ1v) is 6.57. The second-order valence-corrected chi connectivity index (χ2v) is 5.00. The number of hydrogen-bond acceptors (Lipinski definition) is 3. The van der Waals surface area contributed by atoms with E-state index in [1.54, 1.807) is 12.1 Å². The molecule has 1 aliphatic rings. The molecule has 0 unspecified atom stereocenters. The summed E-state index contributed by atoms with van der Waals surface area (Å²) in [6.45, 7) is 0. The zero-order valence-electron chi connectivity index (χ0n) is 10.8. The van der Waals surface area contributed by atoms with Gasteiger partial charge in [-0.3, -0.25) is 4.57 Å². The molecular formula is C15H15NO4. The third kappa shape index (κ3) is 1.82. The van der Waals surface area contributed by atoms with Crippen LogP contribution in [0.1, 0.15) is 34.3 Å². The Bertz CT molecular complexity index is 641. The molecular weight excluding hydrogens is 258 g/mol. The van der Waals surface area contributed by atoms with Gasteiger partial charge in [-0.25, -0.2) is 4.79 Å². The van der Waals surface area contributed by atoms with Crippen molar-refractivity contribution in [3.8, 4) is 17.4 Å². The number of carboxylic acids is 1. The number of aromatic hydroxyl groups is 2. The van der Waals surface area contributed by atoms with Crippen molar-refractivity contribution in [1.82, 2.24) is 4.57 Å². The second kappa shape index (κ2) is 4.59. The summed E-state index contributed by atoms with van der Waals surface area (Å²) >= 11 is 0. The van der Waals surface area contributed by atoms with E-state index >= 15 is 0 Å². The average molecular weight is 273 g/mol. The number of nitrogens with zero attached hydrogens (tertiary/aromatic N) is 1. The second-order valence-electron chi connectivity index (χ2n) is 5.00. The van der Waals surface area contributed by atoms with Gasteiger partial charge in [0.15, 0.2) is 0 Å². The number of hydrogen-bond donors (Lipinski definition) is 3. The molecule has 0 atom stereocenters. The number of aromatic carboxylic acids is 1. The van der Waals surface area contributed by atoms with Crippen molar-refractivity contribution in [2.45, 2.75) is 25.7 Å². The lowest BCUT2D eigenvalue weighted by molar-refractivity contribution is 0.0697. The smallest absolute Gasteiger partial charge is 0.335 e. The Balaban J connectivity index is 2.10. The van der Waals surface area contributed by atoms with Gasteiger partial charge in [0, 0.05) is 11.1 Å². The molecule has 0 saturated carbocycles. The fraction of sp³-hybridized carbons (Fsp3) is 0.267. The Morgan fingerprint density at radius 2 is 1.45 bits per heavy atom. The van der Waals surface area contributed by atoms with Gasteiger partial charge in [-0.15, -0.1) is 0 Å². The van der Waals surface area contributed by atoms with Crippen LogP contribution in [0.15, 0.2) is 24.3 Å². The highest BCUT2D eigenvalue weighted by atomic mass is 16.4. The number of fused-ring (bicyclic) bond motifs is 1. The number of carbonyl (C=O) groups is 1. The molecule has 0 saturated heterocycles. The molecule has 0 radical (unpaired) electrons. The Morgan fingerprint density at radius 3 is 1.90 bits per heavy atom. The molecule has 0 spiro atoms. The lowest BCUT2D eigenvalue weighted by Gasteiger charge is -2.09. The first kappa shape index (κ1) is 12.6. The molecule has 0 aliphatic heterocycles. The van der Waals surface area contributed by atoms with Crippen molar-refractivity contribution in [1.29, 1.82) is 0 Å². The molecule has 104 valence electrons. The van der Waals surface area contributed by atoms with Crippen molar-refractivity contribution < 1.29 is 20.1 Å². The molecule has 3 N–H and O–H groups in total. The third-order valence-electron chi connectivity index (χ3n) is 3.80. The van der Waals surface area contributed by atoms with Gasteiger partial charge in [0.05, 0.1) is 11.3 Å². The Kier molecular flexibility index (Phi) is 2.89. The van der Waals surface area contributed by atoms with Gasteiger partial charge >= 0.3 is 5.97 Å². The van der Waals surface area contributed by atoms with Crippen molar-refractivity contribution in [3.63, 3.8) is 0 Å². The quantitative estimate of drug-likeness (QED) is 0.785. The SMILES string of the molecule is O=C(O)c1ccc(-n2c(O)c3c(c2O)CCCC3)cc1. The minimum atomic E-state index is -1.00. The predicted molar refractivity (Wildman–Crippen MR) is 72.7 cm³/mol. The first-order chi connectivity index (χ1) is 9.59. The molecule has 5 heteroatoms. The molecule has 1 aromatic heterocycles. The maximum Gasteiger partial charge on any atom is 0.335 e. The summed E-state index contributed by atoms with van der Waals surface area (Å²) in [6, 6.07) is 6.06. The van der Waals surface area contributed by atoms with E-state index in [1.165, 1.54) is 16.7 Å². The molecule has 0 bridgehead atoms. The molecule has 1 heterocycles. The summed E-state index contributed by atoms with van der Waals surface area (Å²) < 4.78 is 1.38. The Morgan fingerprint density at radius 1 is 0.950 bits per heavy atom. The maximum atomic E-state index is 10.8. The minimum Gasteiger partial charge on any atom is -0.494 e. The van der Waals surface area contributed by atoms with Crippen molar-refractivity contribution in [2.24, 2.45) is 0 Å². The number of benzene rings is 1. The van der Waals surface area contributed by atoms with Crippen LogP contribution >= 0.6 is 0 Å². The van der Waals surface area contributed by atoms with Crippen LogP contribution in [0.5, 0.6) is 11.8 Å². The first-order valence-electron chi connectivity index (χ1n) is 6.57. The summed E-state index contributed by atoms with van der Waals surface area (Å²) in [5, 5.41) is 29.4. The highest BCUT2D eigenvalue weighted by molar-refractivity contribution is 5.87. The number of aromatic nitrogens is 1. The van der Waals surface area contributed by atoms with Gasteiger partial charge in [0.25, 0.3) is 0 Å². The fourth-order valence-electron chi connectivity index (χ4n) is 2.77. The molecule has 3 rings (SSSR count). The Hall–Kier alpha value is -2.43. The number of rotatable bonds is 2. The normalized spacial score (nSPS) is 14.0. The van der Waals surface area contributed by atoms with Crippen LogP contribution < -0.4 is 0 Å². The van der Waals surface area contributed by atoms with Gasteiger partial charge in [-0.1, -0.05) is 0 Å². The molecule has 0 amide bonds. The van der Waals surface area contributed by atoms with E-state index in [-0.39, 0.29) is 17.3 Å². The fourth-order valence-corrected chi connectivity index (χ4v) is 2.77. The van der Waals surface area contributed by atoms with Crippen LogP contribution in [0.3, 0.4) is 0 Å². The largest absolute Gasteiger partial charge is 0.494 e. The van der Waals surface area contributed by atoms with Crippen molar-refractivity contribution in [3.05, 3.63) is 41.0 Å². The zero-order valence-corrected chi connectivity index (χ0v) is 10.8. The summed E-state index contributed by atoms with van der Waals surface area (Å²) in [7, 11) is 0. The molecule has 1 aromatic carbocycles. The van der Waals surface area contributed by atoms with E-state index in [9.17, 15) is 15.0 Å². The van der Waals surface area contributed by atoms with E-state index in [2.05, 4.69) is 0 Å². The molecule has 20 heavy (non-hydrogen) atoms. The van der Waals surface area contributed by atoms with Gasteiger partial charge in [0.1, 0.15) is 0 Å². The van der Waals surface area contributed by atoms with Crippen molar-refractivity contribution >= 4 is 5.97 Å². The highest BCUT2D eigenvalue weighted by Crippen LogP contribution is 2.40. The zero-order chi connectivity index (χ0) is 14.3. The molecule has 5 nitrogen and oxygen atoms in total. The monoisotopic (exact) mass is 273 g/mol. The average Bonchev–Trinajstić information content (AvgIpc) is 2.72. The van der Waals surface area contributed by atoms with Crippen LogP contribution in [0.2, 0.25) is 0 Å². The molecule has 2 aromatic rings. The van der Waals surface area contributed by atoms with E-state index in [0.29, 0.717) is 5.69 Å². The van der Waals surface area contributed by atoms with Gasteiger partial charge in [-0.05, 0) is 49.9 Å². The Labute approximate surface area is 115 Å². The molecule has 0 fully saturated rings.